The van der Waals surface area contributed by atoms with Crippen molar-refractivity contribution in [3.8, 4) is 0 Å². The highest BCUT2D eigenvalue weighted by atomic mass is 79.9. The van der Waals surface area contributed by atoms with Gasteiger partial charge >= 0.3 is 0 Å². The van der Waals surface area contributed by atoms with Crippen LogP contribution in [0.2, 0.25) is 16.6 Å². The van der Waals surface area contributed by atoms with Gasteiger partial charge < -0.3 is 4.57 Å². The number of fused-ring (bicyclic) bond motifs is 1. The maximum Gasteiger partial charge on any atom is 0.164 e. The lowest BCUT2D eigenvalue weighted by atomic mass is 9.87. The van der Waals surface area contributed by atoms with Crippen LogP contribution in [0.15, 0.2) is 16.6 Å². The van der Waals surface area contributed by atoms with Crippen LogP contribution in [-0.2, 0) is 5.41 Å². The molecule has 4 heteroatoms. The van der Waals surface area contributed by atoms with E-state index in [-0.39, 0.29) is 11.2 Å². The molecule has 1 aliphatic rings. The van der Waals surface area contributed by atoms with E-state index in [1.165, 1.54) is 5.69 Å². The molecule has 0 saturated carbocycles. The Hall–Kier alpha value is -0.353. The van der Waals surface area contributed by atoms with Crippen LogP contribution in [0.25, 0.3) is 0 Å². The van der Waals surface area contributed by atoms with Gasteiger partial charge in [-0.2, -0.15) is 0 Å². The summed E-state index contributed by atoms with van der Waals surface area (Å²) in [5.74, 6) is -0.149. The van der Waals surface area contributed by atoms with Crippen molar-refractivity contribution < 1.29 is 4.39 Å². The molecular formula is C19H31BrFNSi. The minimum absolute atomic E-state index is 0.00616. The van der Waals surface area contributed by atoms with Crippen LogP contribution in [-0.4, -0.2) is 14.8 Å². The highest BCUT2D eigenvalue weighted by molar-refractivity contribution is 9.10. The van der Waals surface area contributed by atoms with Crippen molar-refractivity contribution in [2.75, 3.05) is 11.1 Å². The van der Waals surface area contributed by atoms with Gasteiger partial charge in [-0.15, -0.1) is 0 Å². The van der Waals surface area contributed by atoms with Crippen molar-refractivity contribution in [3.05, 3.63) is 28.0 Å². The first kappa shape index (κ1) is 19.0. The van der Waals surface area contributed by atoms with E-state index in [2.05, 4.69) is 75.9 Å². The molecule has 23 heavy (non-hydrogen) atoms. The highest BCUT2D eigenvalue weighted by Gasteiger charge is 2.53. The van der Waals surface area contributed by atoms with Crippen LogP contribution in [0, 0.1) is 5.82 Å². The van der Waals surface area contributed by atoms with Gasteiger partial charge in [0.1, 0.15) is 5.82 Å². The Labute approximate surface area is 150 Å². The summed E-state index contributed by atoms with van der Waals surface area (Å²) >= 11 is 3.41. The average molecular weight is 400 g/mol. The summed E-state index contributed by atoms with van der Waals surface area (Å²) in [6.07, 6.45) is 0. The first-order valence-electron chi connectivity index (χ1n) is 8.73. The Morgan fingerprint density at radius 3 is 1.96 bits per heavy atom. The van der Waals surface area contributed by atoms with Gasteiger partial charge in [-0.3, -0.25) is 0 Å². The highest BCUT2D eigenvalue weighted by Crippen LogP contribution is 2.52. The summed E-state index contributed by atoms with van der Waals surface area (Å²) < 4.78 is 17.5. The normalized spacial score (nSPS) is 17.5. The van der Waals surface area contributed by atoms with Gasteiger partial charge in [0, 0.05) is 17.6 Å². The minimum atomic E-state index is -1.78. The van der Waals surface area contributed by atoms with Crippen LogP contribution in [0.4, 0.5) is 10.1 Å². The predicted molar refractivity (Wildman–Crippen MR) is 106 cm³/mol. The molecule has 0 unspecified atom stereocenters. The number of nitrogens with zero attached hydrogens (tertiary/aromatic N) is 1. The second-order valence-electron chi connectivity index (χ2n) is 8.60. The number of rotatable bonds is 4. The molecule has 0 bridgehead atoms. The molecule has 0 N–H and O–H groups in total. The second kappa shape index (κ2) is 6.18. The van der Waals surface area contributed by atoms with Crippen LogP contribution in [0.5, 0.6) is 0 Å². The fourth-order valence-electron chi connectivity index (χ4n) is 5.15. The van der Waals surface area contributed by atoms with Crippen LogP contribution < -0.4 is 4.57 Å². The smallest absolute Gasteiger partial charge is 0.164 e. The number of anilines is 1. The largest absolute Gasteiger partial charge is 0.395 e. The lowest BCUT2D eigenvalue weighted by Crippen LogP contribution is -2.61. The number of hydrogen-bond acceptors (Lipinski definition) is 1. The fourth-order valence-corrected chi connectivity index (χ4v) is 12.6. The third-order valence-electron chi connectivity index (χ3n) is 5.85. The molecule has 0 fully saturated rings. The lowest BCUT2D eigenvalue weighted by molar-refractivity contribution is 0.557. The van der Waals surface area contributed by atoms with Crippen molar-refractivity contribution in [1.82, 2.24) is 0 Å². The molecule has 0 atom stereocenters. The Balaban J connectivity index is 2.72. The molecule has 0 amide bonds. The molecule has 0 spiro atoms. The average Bonchev–Trinajstić information content (AvgIpc) is 2.62. The van der Waals surface area contributed by atoms with E-state index in [0.717, 1.165) is 12.1 Å². The molecule has 0 saturated heterocycles. The van der Waals surface area contributed by atoms with E-state index >= 15 is 0 Å². The molecule has 1 aliphatic heterocycles. The molecule has 1 heterocycles. The quantitative estimate of drug-likeness (QED) is 0.499. The monoisotopic (exact) mass is 399 g/mol. The number of benzene rings is 1. The molecule has 0 radical (unpaired) electrons. The summed E-state index contributed by atoms with van der Waals surface area (Å²) in [6.45, 7) is 19.8. The van der Waals surface area contributed by atoms with Crippen molar-refractivity contribution in [2.45, 2.75) is 77.4 Å². The van der Waals surface area contributed by atoms with Gasteiger partial charge in [-0.05, 0) is 50.2 Å². The molecule has 2 rings (SSSR count). The van der Waals surface area contributed by atoms with Gasteiger partial charge in [0.15, 0.2) is 8.24 Å². The molecular weight excluding hydrogens is 369 g/mol. The van der Waals surface area contributed by atoms with E-state index in [0.29, 0.717) is 21.1 Å². The third-order valence-corrected chi connectivity index (χ3v) is 13.3. The van der Waals surface area contributed by atoms with Crippen molar-refractivity contribution >= 4 is 29.9 Å². The summed E-state index contributed by atoms with van der Waals surface area (Å²) in [6, 6.07) is 3.77. The summed E-state index contributed by atoms with van der Waals surface area (Å²) in [4.78, 5) is 0. The van der Waals surface area contributed by atoms with Gasteiger partial charge in [0.05, 0.1) is 4.47 Å². The standard InChI is InChI=1S/C19H31BrFNSi/c1-12(2)23(13(3)4,14(5)6)22-11-19(7,8)15-9-17(21)16(20)10-18(15)22/h9-10,12-14H,11H2,1-8H3. The Kier molecular flexibility index (Phi) is 5.10. The summed E-state index contributed by atoms with van der Waals surface area (Å²) in [5.41, 5.74) is 4.35. The second-order valence-corrected chi connectivity index (χ2v) is 15.2. The SMILES string of the molecule is CC(C)[Si](C(C)C)(C(C)C)N1CC(C)(C)c2cc(F)c(Br)cc21. The first-order chi connectivity index (χ1) is 10.5. The first-order valence-corrected chi connectivity index (χ1v) is 11.7. The fraction of sp³-hybridized carbons (Fsp3) is 0.684. The van der Waals surface area contributed by atoms with E-state index in [1.54, 1.807) is 6.07 Å². The van der Waals surface area contributed by atoms with Gasteiger partial charge in [0.2, 0.25) is 0 Å². The van der Waals surface area contributed by atoms with E-state index in [1.807, 2.05) is 6.07 Å². The van der Waals surface area contributed by atoms with Crippen molar-refractivity contribution in [1.29, 1.82) is 0 Å². The zero-order chi connectivity index (χ0) is 17.7. The minimum Gasteiger partial charge on any atom is -0.395 e. The van der Waals surface area contributed by atoms with Crippen molar-refractivity contribution in [3.63, 3.8) is 0 Å². The molecule has 1 nitrogen and oxygen atoms in total. The number of halogens is 2. The van der Waals surface area contributed by atoms with Crippen LogP contribution >= 0.6 is 15.9 Å². The predicted octanol–water partition coefficient (Wildman–Crippen LogP) is 6.86. The Bertz CT molecular complexity index is 574. The molecule has 1 aromatic carbocycles. The van der Waals surface area contributed by atoms with Crippen LogP contribution in [0.3, 0.4) is 0 Å². The van der Waals surface area contributed by atoms with Gasteiger partial charge in [0.25, 0.3) is 0 Å². The zero-order valence-corrected chi connectivity index (χ0v) is 18.4. The van der Waals surface area contributed by atoms with E-state index in [9.17, 15) is 4.39 Å². The number of hydrogen-bond donors (Lipinski definition) is 0. The molecule has 1 aromatic rings. The van der Waals surface area contributed by atoms with Crippen molar-refractivity contribution in [2.24, 2.45) is 0 Å². The lowest BCUT2D eigenvalue weighted by Gasteiger charge is -2.51. The zero-order valence-electron chi connectivity index (χ0n) is 15.8. The maximum atomic E-state index is 14.2. The van der Waals surface area contributed by atoms with E-state index < -0.39 is 8.24 Å². The molecule has 130 valence electrons. The molecule has 0 aromatic heterocycles. The summed E-state index contributed by atoms with van der Waals surface area (Å²) in [7, 11) is -1.78. The van der Waals surface area contributed by atoms with Gasteiger partial charge in [-0.1, -0.05) is 55.4 Å². The Morgan fingerprint density at radius 1 is 1.04 bits per heavy atom. The Morgan fingerprint density at radius 2 is 1.52 bits per heavy atom. The topological polar surface area (TPSA) is 3.24 Å². The third kappa shape index (κ3) is 2.80. The summed E-state index contributed by atoms with van der Waals surface area (Å²) in [5, 5.41) is 0. The van der Waals surface area contributed by atoms with Gasteiger partial charge in [-0.25, -0.2) is 4.39 Å². The maximum absolute atomic E-state index is 14.2. The van der Waals surface area contributed by atoms with Crippen LogP contribution in [0.1, 0.15) is 61.0 Å². The van der Waals surface area contributed by atoms with E-state index in [4.69, 9.17) is 0 Å². The molecule has 0 aliphatic carbocycles.